The van der Waals surface area contributed by atoms with Gasteiger partial charge in [-0.3, -0.25) is 4.79 Å². The number of allylic oxidation sites excluding steroid dienone is 1. The van der Waals surface area contributed by atoms with Crippen LogP contribution in [-0.4, -0.2) is 24.0 Å². The molecule has 0 atom stereocenters. The summed E-state index contributed by atoms with van der Waals surface area (Å²) in [6.07, 6.45) is 1.97. The third-order valence-corrected chi connectivity index (χ3v) is 2.17. The van der Waals surface area contributed by atoms with Crippen molar-refractivity contribution in [2.45, 2.75) is 13.3 Å². The molecule has 4 nitrogen and oxygen atoms in total. The van der Waals surface area contributed by atoms with Crippen LogP contribution in [0.25, 0.3) is 5.57 Å². The Morgan fingerprint density at radius 1 is 1.50 bits per heavy atom. The molecule has 0 unspecified atom stereocenters. The van der Waals surface area contributed by atoms with Crippen molar-refractivity contribution in [2.24, 2.45) is 0 Å². The summed E-state index contributed by atoms with van der Waals surface area (Å²) < 4.78 is 18.7. The van der Waals surface area contributed by atoms with Crippen LogP contribution in [0.4, 0.5) is 4.39 Å². The second kappa shape index (κ2) is 6.54. The molecule has 0 aliphatic rings. The molecule has 96 valence electrons. The van der Waals surface area contributed by atoms with Gasteiger partial charge < -0.3 is 9.84 Å². The van der Waals surface area contributed by atoms with Crippen LogP contribution in [0.5, 0.6) is 5.75 Å². The molecule has 5 heteroatoms. The summed E-state index contributed by atoms with van der Waals surface area (Å²) in [6, 6.07) is 3.79. The van der Waals surface area contributed by atoms with Crippen LogP contribution in [-0.2, 0) is 9.59 Å². The van der Waals surface area contributed by atoms with Gasteiger partial charge >= 0.3 is 5.97 Å². The van der Waals surface area contributed by atoms with Crippen molar-refractivity contribution in [3.8, 4) is 5.75 Å². The molecule has 0 saturated heterocycles. The van der Waals surface area contributed by atoms with E-state index in [0.29, 0.717) is 12.9 Å². The molecule has 18 heavy (non-hydrogen) atoms. The summed E-state index contributed by atoms with van der Waals surface area (Å²) in [5.74, 6) is -1.88. The highest BCUT2D eigenvalue weighted by Crippen LogP contribution is 2.23. The van der Waals surface area contributed by atoms with E-state index in [1.54, 1.807) is 0 Å². The lowest BCUT2D eigenvalue weighted by Gasteiger charge is -2.07. The maximum Gasteiger partial charge on any atom is 0.336 e. The van der Waals surface area contributed by atoms with E-state index >= 15 is 0 Å². The molecule has 0 amide bonds. The zero-order valence-electron chi connectivity index (χ0n) is 9.85. The fraction of sp³-hybridized carbons (Fsp3) is 0.231. The Bertz CT molecular complexity index is 480. The number of carboxylic acid groups (broad SMARTS) is 1. The highest BCUT2D eigenvalue weighted by Gasteiger charge is 2.13. The van der Waals surface area contributed by atoms with Gasteiger partial charge in [-0.25, -0.2) is 9.18 Å². The van der Waals surface area contributed by atoms with Crippen molar-refractivity contribution < 1.29 is 23.8 Å². The van der Waals surface area contributed by atoms with Crippen molar-refractivity contribution >= 4 is 17.8 Å². The van der Waals surface area contributed by atoms with Crippen LogP contribution >= 0.6 is 0 Å². The molecule has 1 rings (SSSR count). The zero-order valence-corrected chi connectivity index (χ0v) is 9.85. The molecule has 0 bridgehead atoms. The summed E-state index contributed by atoms with van der Waals surface area (Å²) in [5, 5.41) is 8.88. The number of aldehydes is 1. The topological polar surface area (TPSA) is 63.6 Å². The normalized spacial score (nSPS) is 11.1. The lowest BCUT2D eigenvalue weighted by molar-refractivity contribution is -0.130. The zero-order chi connectivity index (χ0) is 13.5. The van der Waals surface area contributed by atoms with Crippen molar-refractivity contribution in [2.75, 3.05) is 6.61 Å². The Hall–Kier alpha value is -2.17. The molecule has 0 spiro atoms. The van der Waals surface area contributed by atoms with Gasteiger partial charge in [0.05, 0.1) is 12.2 Å². The minimum atomic E-state index is -1.29. The van der Waals surface area contributed by atoms with E-state index < -0.39 is 11.8 Å². The van der Waals surface area contributed by atoms with E-state index in [0.717, 1.165) is 18.6 Å². The number of carbonyl (C=O) groups is 2. The second-order valence-corrected chi connectivity index (χ2v) is 3.52. The lowest BCUT2D eigenvalue weighted by Crippen LogP contribution is -2.02. The SMILES string of the molecule is CCCOc1ccc(/C(=C\C=O)C(=O)O)cc1F. The van der Waals surface area contributed by atoms with Gasteiger partial charge in [-0.15, -0.1) is 0 Å². The van der Waals surface area contributed by atoms with Gasteiger partial charge in [-0.1, -0.05) is 13.0 Å². The highest BCUT2D eigenvalue weighted by atomic mass is 19.1. The van der Waals surface area contributed by atoms with Gasteiger partial charge in [0, 0.05) is 0 Å². The minimum Gasteiger partial charge on any atom is -0.491 e. The number of halogens is 1. The first-order valence-electron chi connectivity index (χ1n) is 5.41. The number of ether oxygens (including phenoxy) is 1. The van der Waals surface area contributed by atoms with Gasteiger partial charge in [0.15, 0.2) is 11.6 Å². The van der Waals surface area contributed by atoms with Crippen LogP contribution < -0.4 is 4.74 Å². The highest BCUT2D eigenvalue weighted by molar-refractivity contribution is 6.18. The van der Waals surface area contributed by atoms with E-state index in [2.05, 4.69) is 0 Å². The summed E-state index contributed by atoms with van der Waals surface area (Å²) in [4.78, 5) is 21.2. The molecule has 0 aliphatic carbocycles. The lowest BCUT2D eigenvalue weighted by atomic mass is 10.1. The number of hydrogen-bond acceptors (Lipinski definition) is 3. The molecule has 0 saturated carbocycles. The smallest absolute Gasteiger partial charge is 0.336 e. The molecule has 0 radical (unpaired) electrons. The van der Waals surface area contributed by atoms with Crippen molar-refractivity contribution in [1.29, 1.82) is 0 Å². The monoisotopic (exact) mass is 252 g/mol. The molecule has 1 N–H and O–H groups in total. The minimum absolute atomic E-state index is 0.0661. The number of benzene rings is 1. The third-order valence-electron chi connectivity index (χ3n) is 2.17. The first-order chi connectivity index (χ1) is 8.60. The molecule has 0 aromatic heterocycles. The van der Waals surface area contributed by atoms with E-state index in [4.69, 9.17) is 9.84 Å². The van der Waals surface area contributed by atoms with E-state index in [-0.39, 0.29) is 16.9 Å². The number of aliphatic carboxylic acids is 1. The standard InChI is InChI=1S/C13H13FO4/c1-2-7-18-12-4-3-9(8-11(12)14)10(5-6-15)13(16)17/h3-6,8H,2,7H2,1H3,(H,16,17)/b10-5+. The Balaban J connectivity index is 3.05. The molecule has 0 heterocycles. The van der Waals surface area contributed by atoms with Crippen LogP contribution in [0.2, 0.25) is 0 Å². The fourth-order valence-electron chi connectivity index (χ4n) is 1.36. The largest absolute Gasteiger partial charge is 0.491 e. The predicted octanol–water partition coefficient (Wildman–Crippen LogP) is 2.28. The Morgan fingerprint density at radius 2 is 2.22 bits per heavy atom. The number of carbonyl (C=O) groups excluding carboxylic acids is 1. The third kappa shape index (κ3) is 3.41. The molecular formula is C13H13FO4. The van der Waals surface area contributed by atoms with Crippen LogP contribution in [0.15, 0.2) is 24.3 Å². The van der Waals surface area contributed by atoms with Crippen LogP contribution in [0.3, 0.4) is 0 Å². The maximum atomic E-state index is 13.6. The summed E-state index contributed by atoms with van der Waals surface area (Å²) in [5.41, 5.74) is -0.137. The molecular weight excluding hydrogens is 239 g/mol. The van der Waals surface area contributed by atoms with Gasteiger partial charge in [0.2, 0.25) is 0 Å². The summed E-state index contributed by atoms with van der Waals surface area (Å²) in [6.45, 7) is 2.27. The quantitative estimate of drug-likeness (QED) is 0.623. The van der Waals surface area contributed by atoms with Gasteiger partial charge in [-0.05, 0) is 30.2 Å². The van der Waals surface area contributed by atoms with E-state index in [9.17, 15) is 14.0 Å². The maximum absolute atomic E-state index is 13.6. The molecule has 1 aromatic carbocycles. The molecule has 0 aliphatic heterocycles. The average molecular weight is 252 g/mol. The first-order valence-corrected chi connectivity index (χ1v) is 5.41. The number of rotatable bonds is 6. The Labute approximate surface area is 104 Å². The van der Waals surface area contributed by atoms with Gasteiger partial charge in [-0.2, -0.15) is 0 Å². The van der Waals surface area contributed by atoms with Crippen LogP contribution in [0, 0.1) is 5.82 Å². The van der Waals surface area contributed by atoms with Crippen LogP contribution in [0.1, 0.15) is 18.9 Å². The Kier molecular flexibility index (Phi) is 5.05. The van der Waals surface area contributed by atoms with E-state index in [1.807, 2.05) is 6.92 Å². The van der Waals surface area contributed by atoms with Crippen molar-refractivity contribution in [3.63, 3.8) is 0 Å². The molecule has 1 aromatic rings. The van der Waals surface area contributed by atoms with Gasteiger partial charge in [0.1, 0.15) is 6.29 Å². The first kappa shape index (κ1) is 13.9. The summed E-state index contributed by atoms with van der Waals surface area (Å²) >= 11 is 0. The van der Waals surface area contributed by atoms with Crippen molar-refractivity contribution in [1.82, 2.24) is 0 Å². The molecule has 0 fully saturated rings. The van der Waals surface area contributed by atoms with Gasteiger partial charge in [0.25, 0.3) is 0 Å². The predicted molar refractivity (Wildman–Crippen MR) is 63.9 cm³/mol. The van der Waals surface area contributed by atoms with E-state index in [1.165, 1.54) is 12.1 Å². The number of hydrogen-bond donors (Lipinski definition) is 1. The Morgan fingerprint density at radius 3 is 2.72 bits per heavy atom. The summed E-state index contributed by atoms with van der Waals surface area (Å²) in [7, 11) is 0. The van der Waals surface area contributed by atoms with Crippen molar-refractivity contribution in [3.05, 3.63) is 35.7 Å². The average Bonchev–Trinajstić information content (AvgIpc) is 2.34. The fourth-order valence-corrected chi connectivity index (χ4v) is 1.36. The second-order valence-electron chi connectivity index (χ2n) is 3.52. The number of carboxylic acids is 1.